The highest BCUT2D eigenvalue weighted by molar-refractivity contribution is 8.07. The van der Waals surface area contributed by atoms with Crippen molar-refractivity contribution in [2.45, 2.75) is 24.9 Å². The fraction of sp³-hybridized carbons (Fsp3) is 0.500. The zero-order chi connectivity index (χ0) is 15.7. The first kappa shape index (κ1) is 15.8. The van der Waals surface area contributed by atoms with E-state index in [4.69, 9.17) is 35.8 Å². The van der Waals surface area contributed by atoms with Gasteiger partial charge in [0.2, 0.25) is 0 Å². The van der Waals surface area contributed by atoms with Gasteiger partial charge in [0.1, 0.15) is 18.1 Å². The summed E-state index contributed by atoms with van der Waals surface area (Å²) >= 11 is 5.29. The van der Waals surface area contributed by atoms with Gasteiger partial charge in [0, 0.05) is 12.6 Å². The van der Waals surface area contributed by atoms with Crippen LogP contribution >= 0.6 is 6.72 Å². The van der Waals surface area contributed by atoms with Gasteiger partial charge in [0.05, 0.1) is 19.3 Å². The molecule has 2 aliphatic heterocycles. The Balaban J connectivity index is 1.73. The molecule has 0 saturated carbocycles. The van der Waals surface area contributed by atoms with Crippen LogP contribution in [0.5, 0.6) is 0 Å². The zero-order valence-corrected chi connectivity index (χ0v) is 13.4. The molecule has 0 spiro atoms. The quantitative estimate of drug-likeness (QED) is 0.636. The van der Waals surface area contributed by atoms with Crippen LogP contribution in [0, 0.1) is 0 Å². The third kappa shape index (κ3) is 3.15. The van der Waals surface area contributed by atoms with Crippen molar-refractivity contribution in [1.29, 1.82) is 0 Å². The Morgan fingerprint density at radius 1 is 1.64 bits per heavy atom. The van der Waals surface area contributed by atoms with Crippen molar-refractivity contribution in [3.63, 3.8) is 0 Å². The molecule has 2 N–H and O–H groups in total. The Hall–Kier alpha value is -1.09. The molecule has 1 aromatic heterocycles. The molecule has 0 radical (unpaired) electrons. The van der Waals surface area contributed by atoms with E-state index < -0.39 is 18.6 Å². The highest BCUT2D eigenvalue weighted by Gasteiger charge is 2.45. The number of anilines is 1. The second-order valence-electron chi connectivity index (χ2n) is 4.88. The normalized spacial score (nSPS) is 34.3. The molecule has 0 aliphatic carbocycles. The van der Waals surface area contributed by atoms with Crippen molar-refractivity contribution in [3.8, 4) is 0 Å². The lowest BCUT2D eigenvalue weighted by Gasteiger charge is -2.32. The minimum absolute atomic E-state index is 0.171. The number of fused-ring (bicyclic) bond motifs is 1. The predicted molar refractivity (Wildman–Crippen MR) is 82.7 cm³/mol. The van der Waals surface area contributed by atoms with Gasteiger partial charge in [-0.25, -0.2) is 4.79 Å². The second-order valence-corrected chi connectivity index (χ2v) is 7.84. The van der Waals surface area contributed by atoms with Crippen molar-refractivity contribution >= 4 is 24.3 Å². The monoisotopic (exact) mass is 345 g/mol. The zero-order valence-electron chi connectivity index (χ0n) is 11.7. The fourth-order valence-electron chi connectivity index (χ4n) is 2.35. The fourth-order valence-corrected chi connectivity index (χ4v) is 4.41. The average molecular weight is 345 g/mol. The Labute approximate surface area is 132 Å². The van der Waals surface area contributed by atoms with Crippen molar-refractivity contribution in [2.24, 2.45) is 0 Å². The lowest BCUT2D eigenvalue weighted by molar-refractivity contribution is -0.0623. The third-order valence-electron chi connectivity index (χ3n) is 3.35. The minimum atomic E-state index is -2.78. The van der Waals surface area contributed by atoms with Crippen LogP contribution in [0.15, 0.2) is 29.7 Å². The van der Waals surface area contributed by atoms with Gasteiger partial charge in [0.15, 0.2) is 0 Å². The van der Waals surface area contributed by atoms with Crippen LogP contribution in [-0.4, -0.2) is 35.0 Å². The van der Waals surface area contributed by atoms with E-state index in [9.17, 15) is 4.79 Å². The van der Waals surface area contributed by atoms with Gasteiger partial charge in [-0.05, 0) is 17.9 Å². The Bertz CT molecular complexity index is 681. The van der Waals surface area contributed by atoms with Gasteiger partial charge in [-0.1, -0.05) is 6.08 Å². The summed E-state index contributed by atoms with van der Waals surface area (Å²) in [4.78, 5) is 15.6. The summed E-state index contributed by atoms with van der Waals surface area (Å²) in [6, 6.07) is 1.54. The molecule has 22 heavy (non-hydrogen) atoms. The van der Waals surface area contributed by atoms with E-state index in [-0.39, 0.29) is 31.2 Å². The van der Waals surface area contributed by atoms with E-state index in [1.54, 1.807) is 18.3 Å². The topological polar surface area (TPSA) is 97.8 Å². The summed E-state index contributed by atoms with van der Waals surface area (Å²) in [6.45, 7) is 1.32. The Kier molecular flexibility index (Phi) is 4.44. The van der Waals surface area contributed by atoms with Crippen LogP contribution in [0.3, 0.4) is 0 Å². The molecule has 1 aromatic rings. The molecular formula is C12H16N3O5PS. The molecule has 10 heteroatoms. The van der Waals surface area contributed by atoms with E-state index in [0.717, 1.165) is 0 Å². The molecule has 2 fully saturated rings. The molecule has 120 valence electrons. The first-order valence-electron chi connectivity index (χ1n) is 6.69. The first-order valence-corrected chi connectivity index (χ1v) is 9.25. The van der Waals surface area contributed by atoms with E-state index >= 15 is 0 Å². The number of ether oxygens (including phenoxy) is 1. The molecule has 3 heterocycles. The SMILES string of the molecule is C=CCOP1(=S)OC[C@H]2O[C@@H](n3ccc(N)nc3=O)CC2O1. The van der Waals surface area contributed by atoms with Gasteiger partial charge in [0.25, 0.3) is 0 Å². The van der Waals surface area contributed by atoms with Gasteiger partial charge in [-0.2, -0.15) is 4.98 Å². The average Bonchev–Trinajstić information content (AvgIpc) is 2.87. The predicted octanol–water partition coefficient (Wildman–Crippen LogP) is 0.956. The lowest BCUT2D eigenvalue weighted by Crippen LogP contribution is -2.33. The first-order chi connectivity index (χ1) is 10.5. The van der Waals surface area contributed by atoms with Crippen LogP contribution in [0.25, 0.3) is 0 Å². The van der Waals surface area contributed by atoms with Crippen molar-refractivity contribution in [1.82, 2.24) is 9.55 Å². The van der Waals surface area contributed by atoms with Gasteiger partial charge < -0.3 is 24.0 Å². The molecule has 2 saturated heterocycles. The standard InChI is InChI=1S/C12H16N3O5PS/c1-2-5-17-21(22)18-7-9-8(20-21)6-11(19-9)15-4-3-10(13)14-12(15)16/h2-4,8-9,11H,1,5-7H2,(H2,13,14,16)/t8?,9-,11-,21?/m1/s1. The van der Waals surface area contributed by atoms with Crippen LogP contribution in [-0.2, 0) is 30.1 Å². The molecule has 0 aromatic carbocycles. The molecular weight excluding hydrogens is 329 g/mol. The lowest BCUT2D eigenvalue weighted by atomic mass is 10.2. The maximum atomic E-state index is 11.9. The summed E-state index contributed by atoms with van der Waals surface area (Å²) in [7, 11) is 0. The summed E-state index contributed by atoms with van der Waals surface area (Å²) in [6.07, 6.45) is 2.55. The maximum absolute atomic E-state index is 11.9. The molecule has 2 aliphatic rings. The summed E-state index contributed by atoms with van der Waals surface area (Å²) in [5, 5.41) is 0. The van der Waals surface area contributed by atoms with E-state index in [2.05, 4.69) is 11.6 Å². The number of rotatable bonds is 4. The van der Waals surface area contributed by atoms with E-state index in [1.807, 2.05) is 0 Å². The van der Waals surface area contributed by atoms with Crippen LogP contribution in [0.1, 0.15) is 12.6 Å². The number of aromatic nitrogens is 2. The molecule has 0 bridgehead atoms. The highest BCUT2D eigenvalue weighted by atomic mass is 32.5. The Morgan fingerprint density at radius 2 is 2.45 bits per heavy atom. The molecule has 3 rings (SSSR count). The largest absolute Gasteiger partial charge is 0.383 e. The van der Waals surface area contributed by atoms with E-state index in [0.29, 0.717) is 6.42 Å². The molecule has 8 nitrogen and oxygen atoms in total. The van der Waals surface area contributed by atoms with Crippen molar-refractivity contribution in [3.05, 3.63) is 35.4 Å². The summed E-state index contributed by atoms with van der Waals surface area (Å²) < 4.78 is 23.9. The van der Waals surface area contributed by atoms with Crippen molar-refractivity contribution < 1.29 is 18.3 Å². The number of nitrogen functional groups attached to an aromatic ring is 1. The molecule has 0 amide bonds. The molecule has 4 atom stereocenters. The Morgan fingerprint density at radius 3 is 3.18 bits per heavy atom. The van der Waals surface area contributed by atoms with Crippen molar-refractivity contribution in [2.75, 3.05) is 18.9 Å². The van der Waals surface area contributed by atoms with Crippen LogP contribution in [0.2, 0.25) is 0 Å². The maximum Gasteiger partial charge on any atom is 0.351 e. The second kappa shape index (κ2) is 6.19. The minimum Gasteiger partial charge on any atom is -0.383 e. The number of nitrogens with two attached hydrogens (primary N) is 1. The number of hydrogen-bond acceptors (Lipinski definition) is 8. The van der Waals surface area contributed by atoms with Gasteiger partial charge in [-0.15, -0.1) is 6.58 Å². The number of hydrogen-bond donors (Lipinski definition) is 1. The third-order valence-corrected chi connectivity index (χ3v) is 5.70. The van der Waals surface area contributed by atoms with Gasteiger partial charge >= 0.3 is 12.4 Å². The summed E-state index contributed by atoms with van der Waals surface area (Å²) in [5.74, 6) is 0.171. The molecule has 2 unspecified atom stereocenters. The van der Waals surface area contributed by atoms with Crippen LogP contribution < -0.4 is 11.4 Å². The van der Waals surface area contributed by atoms with Gasteiger partial charge in [-0.3, -0.25) is 4.57 Å². The summed E-state index contributed by atoms with van der Waals surface area (Å²) in [5.41, 5.74) is 5.02. The van der Waals surface area contributed by atoms with Crippen LogP contribution in [0.4, 0.5) is 5.82 Å². The highest BCUT2D eigenvalue weighted by Crippen LogP contribution is 2.56. The number of nitrogens with zero attached hydrogens (tertiary/aromatic N) is 2. The van der Waals surface area contributed by atoms with E-state index in [1.165, 1.54) is 4.57 Å². The smallest absolute Gasteiger partial charge is 0.351 e.